The molecule has 3 aliphatic carbocycles. The molecule has 11 atom stereocenters. The van der Waals surface area contributed by atoms with Crippen molar-refractivity contribution in [3.8, 4) is 0 Å². The molecule has 4 aliphatic rings. The van der Waals surface area contributed by atoms with Gasteiger partial charge in [-0.3, -0.25) is 9.59 Å². The van der Waals surface area contributed by atoms with E-state index in [0.717, 1.165) is 12.2 Å². The highest BCUT2D eigenvalue weighted by atomic mass is 33.1. The summed E-state index contributed by atoms with van der Waals surface area (Å²) in [7, 11) is 5.89. The molecule has 17 nitrogen and oxygen atoms in total. The van der Waals surface area contributed by atoms with Crippen molar-refractivity contribution in [2.45, 2.75) is 169 Å². The number of Topliss-reactive ketones (excluding diaryl/α,β-unsaturated/α-hetero) is 1. The third-order valence-corrected chi connectivity index (χ3v) is 17.4. The van der Waals surface area contributed by atoms with Crippen LogP contribution in [0.25, 0.3) is 0 Å². The number of nitrogens with one attached hydrogen (secondary N) is 1. The summed E-state index contributed by atoms with van der Waals surface area (Å²) >= 11 is 0. The normalized spacial score (nSPS) is 29.4. The summed E-state index contributed by atoms with van der Waals surface area (Å²) < 4.78 is 54.8. The van der Waals surface area contributed by atoms with E-state index in [1.54, 1.807) is 115 Å². The second-order valence-corrected chi connectivity index (χ2v) is 23.1. The van der Waals surface area contributed by atoms with Gasteiger partial charge in [0, 0.05) is 50.9 Å². The molecule has 6 rings (SSSR count). The molecule has 0 radical (unpaired) electrons. The average Bonchev–Trinajstić information content (AvgIpc) is 3.34. The van der Waals surface area contributed by atoms with Gasteiger partial charge in [-0.1, -0.05) is 119 Å². The number of ketones is 1. The van der Waals surface area contributed by atoms with E-state index < -0.39 is 118 Å². The molecule has 1 heterocycles. The first-order valence-electron chi connectivity index (χ1n) is 24.8. The minimum Gasteiger partial charge on any atom is -0.455 e. The van der Waals surface area contributed by atoms with Gasteiger partial charge in [0.2, 0.25) is 6.10 Å². The van der Waals surface area contributed by atoms with Gasteiger partial charge in [0.1, 0.15) is 48.3 Å². The van der Waals surface area contributed by atoms with Crippen molar-refractivity contribution in [1.82, 2.24) is 5.32 Å². The smallest absolute Gasteiger partial charge is 0.455 e. The standard InChI is InChI=1S/C52H69NO16S2.C2H6.CH4/c1-13-25-70-71-26-24-63-46(59)66-40(38(32-20-16-14-17-21-32)53-45(58)69-47(4,5)6)43(57)65-34-28-51(60)44(67-42(56)33-22-18-15-19-23-33)50(10)49(9,41(55)39(62-12)37(30(34)2)48(51,7)8)35(61-11)27-36-52(50,29-64-36)68-31(3)54;1-2;/h14-23,34-36,38-40,44,60H,13,24-29H2,1-12H3,(H,53,58);1-2H3;1H4/t34-,35-,36+,38-,39+,40+,44-,49-,50-,51+,52-;;/m0../s1. The molecule has 2 aromatic carbocycles. The van der Waals surface area contributed by atoms with Gasteiger partial charge < -0.3 is 53.1 Å². The van der Waals surface area contributed by atoms with Crippen LogP contribution in [-0.2, 0) is 57.0 Å². The summed E-state index contributed by atoms with van der Waals surface area (Å²) in [5, 5.41) is 16.8. The third kappa shape index (κ3) is 11.7. The van der Waals surface area contributed by atoms with Crippen LogP contribution in [0.3, 0.4) is 0 Å². The molecule has 1 amide bonds. The van der Waals surface area contributed by atoms with Crippen LogP contribution in [0.2, 0.25) is 0 Å². The summed E-state index contributed by atoms with van der Waals surface area (Å²) in [6.07, 6.45) is -10.1. The number of hydrogen-bond acceptors (Lipinski definition) is 18. The number of ether oxygens (including phenoxy) is 9. The number of rotatable bonds is 17. The van der Waals surface area contributed by atoms with Crippen LogP contribution in [0.15, 0.2) is 71.8 Å². The summed E-state index contributed by atoms with van der Waals surface area (Å²) in [6, 6.07) is 14.9. The van der Waals surface area contributed by atoms with Crippen molar-refractivity contribution in [3.05, 3.63) is 82.9 Å². The molecule has 0 spiro atoms. The van der Waals surface area contributed by atoms with Crippen LogP contribution in [0, 0.1) is 16.2 Å². The van der Waals surface area contributed by atoms with Crippen molar-refractivity contribution in [3.63, 3.8) is 0 Å². The van der Waals surface area contributed by atoms with Gasteiger partial charge in [0.25, 0.3) is 0 Å². The van der Waals surface area contributed by atoms with Crippen molar-refractivity contribution in [2.75, 3.05) is 38.9 Å². The van der Waals surface area contributed by atoms with Gasteiger partial charge in [-0.15, -0.1) is 0 Å². The van der Waals surface area contributed by atoms with Gasteiger partial charge >= 0.3 is 30.2 Å². The number of aliphatic hydroxyl groups is 1. The zero-order valence-corrected chi connectivity index (χ0v) is 46.3. The van der Waals surface area contributed by atoms with Crippen LogP contribution in [-0.4, -0.2) is 133 Å². The minimum atomic E-state index is -2.33. The van der Waals surface area contributed by atoms with E-state index in [4.69, 9.17) is 42.6 Å². The fourth-order valence-electron chi connectivity index (χ4n) is 11.1. The molecule has 2 N–H and O–H groups in total. The molecular weight excluding hydrogens is 995 g/mol. The predicted molar refractivity (Wildman–Crippen MR) is 281 cm³/mol. The maximum Gasteiger partial charge on any atom is 0.509 e. The van der Waals surface area contributed by atoms with Gasteiger partial charge in [-0.2, -0.15) is 0 Å². The van der Waals surface area contributed by atoms with Crippen LogP contribution in [0.1, 0.15) is 132 Å². The Morgan fingerprint density at radius 3 is 2.05 bits per heavy atom. The molecule has 2 saturated carbocycles. The monoisotopic (exact) mass is 1070 g/mol. The second kappa shape index (κ2) is 25.0. The van der Waals surface area contributed by atoms with E-state index in [1.807, 2.05) is 13.8 Å². The molecule has 74 heavy (non-hydrogen) atoms. The van der Waals surface area contributed by atoms with Crippen LogP contribution in [0.5, 0.6) is 0 Å². The summed E-state index contributed by atoms with van der Waals surface area (Å²) in [4.78, 5) is 86.3. The van der Waals surface area contributed by atoms with Gasteiger partial charge in [-0.05, 0) is 69.9 Å². The molecule has 0 unspecified atom stereocenters. The molecule has 2 bridgehead atoms. The predicted octanol–water partition coefficient (Wildman–Crippen LogP) is 9.57. The molecule has 19 heteroatoms. The average molecular weight is 1070 g/mol. The molecule has 0 aromatic heterocycles. The number of alkyl carbamates (subject to hydrolysis) is 1. The van der Waals surface area contributed by atoms with Crippen molar-refractivity contribution in [2.24, 2.45) is 16.2 Å². The van der Waals surface area contributed by atoms with E-state index in [2.05, 4.69) is 12.2 Å². The third-order valence-electron chi connectivity index (χ3n) is 14.9. The highest BCUT2D eigenvalue weighted by Gasteiger charge is 2.84. The lowest BCUT2D eigenvalue weighted by molar-refractivity contribution is -0.381. The number of amides is 1. The van der Waals surface area contributed by atoms with Crippen LogP contribution >= 0.6 is 21.6 Å². The summed E-state index contributed by atoms with van der Waals surface area (Å²) in [6.45, 7) is 20.2. The van der Waals surface area contributed by atoms with E-state index in [1.165, 1.54) is 44.1 Å². The zero-order valence-electron chi connectivity index (χ0n) is 44.7. The van der Waals surface area contributed by atoms with Gasteiger partial charge in [0.15, 0.2) is 11.4 Å². The first-order valence-corrected chi connectivity index (χ1v) is 27.3. The molecule has 412 valence electrons. The number of esters is 3. The Morgan fingerprint density at radius 1 is 0.905 bits per heavy atom. The second-order valence-electron chi connectivity index (χ2n) is 20.4. The Labute approximate surface area is 444 Å². The number of carbonyl (C=O) groups is 6. The fraction of sp³-hybridized carbons (Fsp3) is 0.636. The Kier molecular flexibility index (Phi) is 20.9. The van der Waals surface area contributed by atoms with Gasteiger partial charge in [-0.25, -0.2) is 19.2 Å². The lowest BCUT2D eigenvalue weighted by Crippen LogP contribution is -2.86. The summed E-state index contributed by atoms with van der Waals surface area (Å²) in [5.74, 6) is -2.01. The highest BCUT2D eigenvalue weighted by Crippen LogP contribution is 2.70. The first kappa shape index (κ1) is 61.9. The minimum absolute atomic E-state index is 0. The topological polar surface area (TPSA) is 218 Å². The molecule has 3 fully saturated rings. The number of benzene rings is 2. The molecule has 1 aliphatic heterocycles. The quantitative estimate of drug-likeness (QED) is 0.0495. The van der Waals surface area contributed by atoms with Crippen molar-refractivity contribution >= 4 is 57.5 Å². The van der Waals surface area contributed by atoms with E-state index in [9.17, 15) is 24.3 Å². The highest BCUT2D eigenvalue weighted by molar-refractivity contribution is 8.76. The SMILES string of the molecule is C.CC.CCCSSCCOC(=O)O[C@@H](C(=O)O[C@H]1C[C@@]2(O)[C@@H](OC(=O)c3ccccc3)[C@]3(C)[C@]4(OC(C)=O)CO[C@@H]4C[C@H](OC)[C@@]3(C)C(=O)[C@H](OC)C(=C1C)C2(C)C)[C@@H](NC(=O)OC(C)(C)C)c1ccccc1. The van der Waals surface area contributed by atoms with Crippen molar-refractivity contribution in [1.29, 1.82) is 0 Å². The van der Waals surface area contributed by atoms with Crippen LogP contribution < -0.4 is 5.32 Å². The number of carbonyl (C=O) groups excluding carboxylic acids is 6. The number of hydrogen-bond donors (Lipinski definition) is 2. The zero-order chi connectivity index (χ0) is 54.3. The van der Waals surface area contributed by atoms with Crippen molar-refractivity contribution < 1.29 is 76.5 Å². The molecule has 1 saturated heterocycles. The van der Waals surface area contributed by atoms with Crippen LogP contribution in [0.4, 0.5) is 9.59 Å². The Bertz CT molecular complexity index is 2320. The van der Waals surface area contributed by atoms with E-state index >= 15 is 9.59 Å². The number of methoxy groups -OCH3 is 2. The first-order chi connectivity index (χ1) is 34.4. The largest absolute Gasteiger partial charge is 0.509 e. The Morgan fingerprint density at radius 2 is 1.51 bits per heavy atom. The Balaban J connectivity index is 0.00000390. The lowest BCUT2D eigenvalue weighted by atomic mass is 9.38. The Hall–Kier alpha value is -4.66. The maximum atomic E-state index is 16.0. The fourth-order valence-corrected chi connectivity index (χ4v) is 13.1. The van der Waals surface area contributed by atoms with E-state index in [-0.39, 0.29) is 38.2 Å². The van der Waals surface area contributed by atoms with Gasteiger partial charge in [0.05, 0.1) is 29.1 Å². The molecule has 2 aromatic rings. The molecular formula is C55H79NO16S2. The summed E-state index contributed by atoms with van der Waals surface area (Å²) in [5.41, 5.74) is -9.25. The van der Waals surface area contributed by atoms with E-state index in [0.29, 0.717) is 16.9 Å². The maximum absolute atomic E-state index is 16.0. The lowest BCUT2D eigenvalue weighted by Gasteiger charge is -2.72. The number of fused-ring (bicyclic) bond motifs is 5.